The van der Waals surface area contributed by atoms with Gasteiger partial charge in [0, 0.05) is 25.7 Å². The van der Waals surface area contributed by atoms with Crippen LogP contribution in [0.25, 0.3) is 0 Å². The summed E-state index contributed by atoms with van der Waals surface area (Å²) in [6.45, 7) is 3.73. The quantitative estimate of drug-likeness (QED) is 0.665. The van der Waals surface area contributed by atoms with Crippen LogP contribution in [-0.4, -0.2) is 49.3 Å². The molecular weight excluding hydrogens is 200 g/mol. The highest BCUT2D eigenvalue weighted by Gasteiger charge is 2.30. The van der Waals surface area contributed by atoms with Gasteiger partial charge in [-0.15, -0.1) is 0 Å². The third-order valence-corrected chi connectivity index (χ3v) is 3.85. The van der Waals surface area contributed by atoms with E-state index in [2.05, 4.69) is 17.3 Å². The van der Waals surface area contributed by atoms with Gasteiger partial charge in [0.1, 0.15) is 0 Å². The Balaban J connectivity index is 1.70. The molecule has 2 unspecified atom stereocenters. The Bertz CT molecular complexity index is 204. The Morgan fingerprint density at radius 2 is 2.06 bits per heavy atom. The number of hydrogen-bond acceptors (Lipinski definition) is 3. The number of hydrogen-bond donors (Lipinski definition) is 2. The van der Waals surface area contributed by atoms with Crippen LogP contribution < -0.4 is 5.32 Å². The van der Waals surface area contributed by atoms with Crippen molar-refractivity contribution in [3.8, 4) is 0 Å². The molecule has 94 valence electrons. The van der Waals surface area contributed by atoms with Gasteiger partial charge in [-0.05, 0) is 44.7 Å². The predicted octanol–water partition coefficient (Wildman–Crippen LogP) is 1.08. The Kier molecular flexibility index (Phi) is 4.62. The Labute approximate surface area is 99.2 Å². The topological polar surface area (TPSA) is 35.5 Å². The number of likely N-dealkylation sites (tertiary alicyclic amines) is 1. The summed E-state index contributed by atoms with van der Waals surface area (Å²) in [4.78, 5) is 2.47. The first-order chi connectivity index (χ1) is 7.78. The van der Waals surface area contributed by atoms with E-state index >= 15 is 0 Å². The van der Waals surface area contributed by atoms with E-state index < -0.39 is 0 Å². The molecule has 0 aromatic heterocycles. The van der Waals surface area contributed by atoms with Crippen LogP contribution in [0.2, 0.25) is 0 Å². The van der Waals surface area contributed by atoms with Crippen LogP contribution in [-0.2, 0) is 0 Å². The number of nitrogens with zero attached hydrogens (tertiary/aromatic N) is 1. The molecule has 3 heteroatoms. The summed E-state index contributed by atoms with van der Waals surface area (Å²) in [5.41, 5.74) is 0. The summed E-state index contributed by atoms with van der Waals surface area (Å²) >= 11 is 0. The van der Waals surface area contributed by atoms with Gasteiger partial charge in [0.25, 0.3) is 0 Å². The van der Waals surface area contributed by atoms with E-state index in [9.17, 15) is 0 Å². The molecule has 0 aromatic carbocycles. The van der Waals surface area contributed by atoms with Gasteiger partial charge in [0.2, 0.25) is 0 Å². The van der Waals surface area contributed by atoms with E-state index in [-0.39, 0.29) is 0 Å². The normalized spacial score (nSPS) is 31.9. The maximum atomic E-state index is 8.78. The zero-order valence-corrected chi connectivity index (χ0v) is 10.5. The van der Waals surface area contributed by atoms with Crippen LogP contribution in [0.4, 0.5) is 0 Å². The average molecular weight is 226 g/mol. The van der Waals surface area contributed by atoms with Crippen LogP contribution >= 0.6 is 0 Å². The second-order valence-corrected chi connectivity index (χ2v) is 5.73. The summed E-state index contributed by atoms with van der Waals surface area (Å²) in [5, 5.41) is 12.4. The third kappa shape index (κ3) is 4.04. The lowest BCUT2D eigenvalue weighted by atomic mass is 9.90. The molecular formula is C13H26N2O. The zero-order chi connectivity index (χ0) is 11.4. The minimum absolute atomic E-state index is 0.307. The van der Waals surface area contributed by atoms with Gasteiger partial charge in [-0.3, -0.25) is 0 Å². The Hall–Kier alpha value is -0.120. The maximum absolute atomic E-state index is 8.78. The average Bonchev–Trinajstić information content (AvgIpc) is 3.01. The van der Waals surface area contributed by atoms with Crippen molar-refractivity contribution in [1.82, 2.24) is 10.2 Å². The first kappa shape index (κ1) is 12.3. The van der Waals surface area contributed by atoms with E-state index in [0.717, 1.165) is 24.8 Å². The first-order valence-electron chi connectivity index (χ1n) is 6.80. The lowest BCUT2D eigenvalue weighted by molar-refractivity contribution is 0.157. The van der Waals surface area contributed by atoms with E-state index in [1.807, 2.05) is 0 Å². The molecule has 0 radical (unpaired) electrons. The second-order valence-electron chi connectivity index (χ2n) is 5.73. The third-order valence-electron chi connectivity index (χ3n) is 3.85. The van der Waals surface area contributed by atoms with Gasteiger partial charge in [-0.1, -0.05) is 12.8 Å². The molecule has 1 aliphatic carbocycles. The lowest BCUT2D eigenvalue weighted by Crippen LogP contribution is -2.48. The van der Waals surface area contributed by atoms with Crippen LogP contribution in [0.3, 0.4) is 0 Å². The van der Waals surface area contributed by atoms with Crippen LogP contribution in [0.1, 0.15) is 32.1 Å². The van der Waals surface area contributed by atoms with Gasteiger partial charge in [-0.2, -0.15) is 0 Å². The fourth-order valence-electron chi connectivity index (χ4n) is 2.97. The van der Waals surface area contributed by atoms with Crippen LogP contribution in [0.15, 0.2) is 0 Å². The van der Waals surface area contributed by atoms with Gasteiger partial charge in [0.05, 0.1) is 0 Å². The fourth-order valence-corrected chi connectivity index (χ4v) is 2.97. The zero-order valence-electron chi connectivity index (χ0n) is 10.5. The highest BCUT2D eigenvalue weighted by Crippen LogP contribution is 2.37. The van der Waals surface area contributed by atoms with Crippen molar-refractivity contribution in [3.05, 3.63) is 0 Å². The predicted molar refractivity (Wildman–Crippen MR) is 66.4 cm³/mol. The van der Waals surface area contributed by atoms with E-state index in [0.29, 0.717) is 12.6 Å². The molecule has 2 N–H and O–H groups in total. The molecule has 0 spiro atoms. The molecule has 2 fully saturated rings. The largest absolute Gasteiger partial charge is 0.396 e. The Morgan fingerprint density at radius 3 is 2.75 bits per heavy atom. The number of aliphatic hydroxyl groups excluding tert-OH is 1. The molecule has 0 amide bonds. The molecule has 3 nitrogen and oxygen atoms in total. The second kappa shape index (κ2) is 5.99. The SMILES string of the molecule is CN1CC(CC2CC2)CC(NCCCO)C1. The summed E-state index contributed by atoms with van der Waals surface area (Å²) in [6, 6.07) is 0.647. The molecule has 2 rings (SSSR count). The molecule has 1 heterocycles. The number of aliphatic hydroxyl groups is 1. The number of piperidine rings is 1. The van der Waals surface area contributed by atoms with Crippen molar-refractivity contribution >= 4 is 0 Å². The molecule has 2 aliphatic rings. The number of rotatable bonds is 6. The molecule has 0 bridgehead atoms. The molecule has 1 saturated heterocycles. The van der Waals surface area contributed by atoms with Crippen molar-refractivity contribution in [1.29, 1.82) is 0 Å². The van der Waals surface area contributed by atoms with E-state index in [1.54, 1.807) is 0 Å². The minimum Gasteiger partial charge on any atom is -0.396 e. The first-order valence-corrected chi connectivity index (χ1v) is 6.80. The van der Waals surface area contributed by atoms with Crippen molar-refractivity contribution in [3.63, 3.8) is 0 Å². The number of nitrogens with one attached hydrogen (secondary N) is 1. The van der Waals surface area contributed by atoms with Crippen molar-refractivity contribution in [2.75, 3.05) is 33.3 Å². The minimum atomic E-state index is 0.307. The summed E-state index contributed by atoms with van der Waals surface area (Å²) < 4.78 is 0. The fraction of sp³-hybridized carbons (Fsp3) is 1.00. The molecule has 1 saturated carbocycles. The van der Waals surface area contributed by atoms with E-state index in [4.69, 9.17) is 5.11 Å². The van der Waals surface area contributed by atoms with Crippen molar-refractivity contribution in [2.45, 2.75) is 38.1 Å². The molecule has 0 aromatic rings. The summed E-state index contributed by atoms with van der Waals surface area (Å²) in [7, 11) is 2.24. The molecule has 2 atom stereocenters. The lowest BCUT2D eigenvalue weighted by Gasteiger charge is -2.36. The van der Waals surface area contributed by atoms with Crippen molar-refractivity contribution in [2.24, 2.45) is 11.8 Å². The van der Waals surface area contributed by atoms with Gasteiger partial charge >= 0.3 is 0 Å². The monoisotopic (exact) mass is 226 g/mol. The highest BCUT2D eigenvalue weighted by molar-refractivity contribution is 4.86. The van der Waals surface area contributed by atoms with Crippen LogP contribution in [0, 0.1) is 11.8 Å². The smallest absolute Gasteiger partial charge is 0.0443 e. The maximum Gasteiger partial charge on any atom is 0.0443 e. The van der Waals surface area contributed by atoms with Gasteiger partial charge in [-0.25, -0.2) is 0 Å². The van der Waals surface area contributed by atoms with Gasteiger partial charge < -0.3 is 15.3 Å². The van der Waals surface area contributed by atoms with E-state index in [1.165, 1.54) is 38.8 Å². The summed E-state index contributed by atoms with van der Waals surface area (Å²) in [6.07, 6.45) is 6.62. The molecule has 16 heavy (non-hydrogen) atoms. The Morgan fingerprint density at radius 1 is 1.25 bits per heavy atom. The highest BCUT2D eigenvalue weighted by atomic mass is 16.3. The number of likely N-dealkylation sites (N-methyl/N-ethyl adjacent to an activating group) is 1. The summed E-state index contributed by atoms with van der Waals surface area (Å²) in [5.74, 6) is 1.95. The van der Waals surface area contributed by atoms with Crippen LogP contribution in [0.5, 0.6) is 0 Å². The standard InChI is InChI=1S/C13H26N2O/c1-15-9-12(7-11-3-4-11)8-13(10-15)14-5-2-6-16/h11-14,16H,2-10H2,1H3. The van der Waals surface area contributed by atoms with Gasteiger partial charge in [0.15, 0.2) is 0 Å². The van der Waals surface area contributed by atoms with Crippen molar-refractivity contribution < 1.29 is 5.11 Å². The molecule has 1 aliphatic heterocycles.